The van der Waals surface area contributed by atoms with Crippen molar-refractivity contribution in [3.63, 3.8) is 0 Å². The van der Waals surface area contributed by atoms with Crippen molar-refractivity contribution >= 4 is 35.6 Å². The standard InChI is InChI=1S/C18H21NO11/c1-5-30-18(29)10-9(6(2)14(21)22)12(13(20)17(27)28)19(8(4)16(25)26)11(10)7(3)15(23)24/h6-8H,5H2,1-4H3,(H,21,22)(H,23,24)(H,25,26)(H,27,28). The molecule has 30 heavy (non-hydrogen) atoms. The summed E-state index contributed by atoms with van der Waals surface area (Å²) in [5.74, 6) is -12.9. The van der Waals surface area contributed by atoms with Gasteiger partial charge in [0.25, 0.3) is 5.78 Å². The van der Waals surface area contributed by atoms with E-state index in [1.807, 2.05) is 0 Å². The fraction of sp³-hybridized carbons (Fsp3) is 0.444. The van der Waals surface area contributed by atoms with Crippen molar-refractivity contribution in [3.8, 4) is 0 Å². The first-order valence-electron chi connectivity index (χ1n) is 8.70. The number of aliphatic carboxylic acids is 4. The first-order valence-corrected chi connectivity index (χ1v) is 8.70. The minimum Gasteiger partial charge on any atom is -0.481 e. The summed E-state index contributed by atoms with van der Waals surface area (Å²) in [6, 6.07) is -1.71. The molecule has 1 aromatic heterocycles. The number of carboxylic acid groups (broad SMARTS) is 4. The van der Waals surface area contributed by atoms with Crippen molar-refractivity contribution in [1.29, 1.82) is 0 Å². The van der Waals surface area contributed by atoms with Crippen LogP contribution in [-0.2, 0) is 23.9 Å². The van der Waals surface area contributed by atoms with Gasteiger partial charge in [0.2, 0.25) is 0 Å². The second-order valence-electron chi connectivity index (χ2n) is 6.38. The number of ketones is 1. The number of Topliss-reactive ketones (excluding diaryl/α,β-unsaturated/α-hetero) is 1. The fourth-order valence-corrected chi connectivity index (χ4v) is 2.98. The van der Waals surface area contributed by atoms with Crippen molar-refractivity contribution in [2.45, 2.75) is 45.6 Å². The van der Waals surface area contributed by atoms with Gasteiger partial charge >= 0.3 is 29.8 Å². The molecule has 1 heterocycles. The third-order valence-corrected chi connectivity index (χ3v) is 4.50. The molecule has 1 rings (SSSR count). The molecule has 12 nitrogen and oxygen atoms in total. The predicted molar refractivity (Wildman–Crippen MR) is 96.8 cm³/mol. The van der Waals surface area contributed by atoms with Gasteiger partial charge in [-0.25, -0.2) is 14.4 Å². The van der Waals surface area contributed by atoms with Gasteiger partial charge in [-0.15, -0.1) is 0 Å². The Kier molecular flexibility index (Phi) is 7.46. The van der Waals surface area contributed by atoms with Gasteiger partial charge in [0.15, 0.2) is 0 Å². The Morgan fingerprint density at radius 3 is 1.73 bits per heavy atom. The monoisotopic (exact) mass is 427 g/mol. The van der Waals surface area contributed by atoms with E-state index in [-0.39, 0.29) is 6.61 Å². The van der Waals surface area contributed by atoms with Gasteiger partial charge in [-0.2, -0.15) is 0 Å². The molecule has 0 spiro atoms. The van der Waals surface area contributed by atoms with Gasteiger partial charge in [0, 0.05) is 11.3 Å². The molecule has 3 unspecified atom stereocenters. The number of rotatable bonds is 10. The number of carbonyl (C=O) groups excluding carboxylic acids is 2. The highest BCUT2D eigenvalue weighted by Gasteiger charge is 2.42. The number of aromatic nitrogens is 1. The second kappa shape index (κ2) is 9.20. The second-order valence-corrected chi connectivity index (χ2v) is 6.38. The van der Waals surface area contributed by atoms with E-state index < -0.39 is 76.0 Å². The molecule has 0 aliphatic rings. The highest BCUT2D eigenvalue weighted by Crippen LogP contribution is 2.38. The van der Waals surface area contributed by atoms with Gasteiger partial charge < -0.3 is 29.7 Å². The van der Waals surface area contributed by atoms with Crippen LogP contribution in [-0.4, -0.2) is 67.2 Å². The van der Waals surface area contributed by atoms with Crippen LogP contribution in [0.15, 0.2) is 0 Å². The first-order chi connectivity index (χ1) is 13.8. The van der Waals surface area contributed by atoms with Crippen LogP contribution in [0.2, 0.25) is 0 Å². The lowest BCUT2D eigenvalue weighted by atomic mass is 9.92. The summed E-state index contributed by atoms with van der Waals surface area (Å²) in [5, 5.41) is 37.6. The summed E-state index contributed by atoms with van der Waals surface area (Å²) < 4.78 is 5.46. The molecule has 164 valence electrons. The first kappa shape index (κ1) is 24.3. The summed E-state index contributed by atoms with van der Waals surface area (Å²) in [4.78, 5) is 71.5. The molecule has 0 aromatic carbocycles. The Bertz CT molecular complexity index is 927. The average molecular weight is 427 g/mol. The maximum Gasteiger partial charge on any atom is 0.378 e. The Balaban J connectivity index is 4.35. The van der Waals surface area contributed by atoms with E-state index in [1.54, 1.807) is 0 Å². The normalized spacial score (nSPS) is 13.7. The number of hydrogen-bond donors (Lipinski definition) is 4. The summed E-state index contributed by atoms with van der Waals surface area (Å²) in [7, 11) is 0. The van der Waals surface area contributed by atoms with Crippen LogP contribution in [0, 0.1) is 0 Å². The molecule has 4 N–H and O–H groups in total. The number of carboxylic acids is 4. The van der Waals surface area contributed by atoms with Crippen LogP contribution in [0.3, 0.4) is 0 Å². The zero-order valence-electron chi connectivity index (χ0n) is 16.5. The third-order valence-electron chi connectivity index (χ3n) is 4.50. The zero-order valence-corrected chi connectivity index (χ0v) is 16.5. The molecule has 0 bridgehead atoms. The van der Waals surface area contributed by atoms with Crippen LogP contribution in [0.25, 0.3) is 0 Å². The molecule has 0 amide bonds. The van der Waals surface area contributed by atoms with Crippen LogP contribution in [0.4, 0.5) is 0 Å². The lowest BCUT2D eigenvalue weighted by Crippen LogP contribution is -2.28. The van der Waals surface area contributed by atoms with E-state index in [4.69, 9.17) is 4.74 Å². The molecule has 12 heteroatoms. The van der Waals surface area contributed by atoms with Crippen molar-refractivity contribution in [1.82, 2.24) is 4.57 Å². The van der Waals surface area contributed by atoms with E-state index in [9.17, 15) is 49.2 Å². The van der Waals surface area contributed by atoms with Gasteiger partial charge in [-0.1, -0.05) is 0 Å². The molecule has 0 radical (unpaired) electrons. The molecule has 0 aliphatic heterocycles. The number of carbonyl (C=O) groups is 6. The maximum atomic E-state index is 12.7. The topological polar surface area (TPSA) is 197 Å². The number of nitrogens with zero attached hydrogens (tertiary/aromatic N) is 1. The quantitative estimate of drug-likeness (QED) is 0.235. The van der Waals surface area contributed by atoms with Gasteiger partial charge in [0.1, 0.15) is 11.7 Å². The highest BCUT2D eigenvalue weighted by atomic mass is 16.5. The van der Waals surface area contributed by atoms with Crippen LogP contribution >= 0.6 is 0 Å². The van der Waals surface area contributed by atoms with E-state index in [0.29, 0.717) is 4.57 Å². The van der Waals surface area contributed by atoms with Crippen molar-refractivity contribution in [3.05, 3.63) is 22.5 Å². The largest absolute Gasteiger partial charge is 0.481 e. The third kappa shape index (κ3) is 4.31. The minimum atomic E-state index is -2.05. The maximum absolute atomic E-state index is 12.7. The minimum absolute atomic E-state index is 0.206. The van der Waals surface area contributed by atoms with Crippen LogP contribution in [0.5, 0.6) is 0 Å². The van der Waals surface area contributed by atoms with E-state index >= 15 is 0 Å². The van der Waals surface area contributed by atoms with Crippen LogP contribution < -0.4 is 0 Å². The molecule has 0 saturated carbocycles. The summed E-state index contributed by atoms with van der Waals surface area (Å²) in [5.41, 5.74) is -2.72. The Morgan fingerprint density at radius 1 is 0.867 bits per heavy atom. The van der Waals surface area contributed by atoms with Crippen molar-refractivity contribution < 1.29 is 53.9 Å². The Labute approximate surface area is 169 Å². The molecule has 1 aromatic rings. The predicted octanol–water partition coefficient (Wildman–Crippen LogP) is 0.954. The lowest BCUT2D eigenvalue weighted by Gasteiger charge is -2.19. The average Bonchev–Trinajstić information content (AvgIpc) is 3.00. The SMILES string of the molecule is CCOC(=O)c1c(C(C)C(=O)O)c(C(=O)C(=O)O)n(C(C)C(=O)O)c1C(C)C(=O)O. The fourth-order valence-electron chi connectivity index (χ4n) is 2.98. The molecular weight excluding hydrogens is 406 g/mol. The molecule has 0 fully saturated rings. The van der Waals surface area contributed by atoms with Crippen molar-refractivity contribution in [2.24, 2.45) is 0 Å². The highest BCUT2D eigenvalue weighted by molar-refractivity contribution is 6.40. The Hall–Kier alpha value is -3.70. The van der Waals surface area contributed by atoms with Crippen molar-refractivity contribution in [2.75, 3.05) is 6.61 Å². The van der Waals surface area contributed by atoms with Gasteiger partial charge in [-0.3, -0.25) is 14.4 Å². The molecule has 0 aliphatic carbocycles. The van der Waals surface area contributed by atoms with Gasteiger partial charge in [0.05, 0.1) is 24.0 Å². The number of ether oxygens (including phenoxy) is 1. The number of esters is 1. The summed E-state index contributed by atoms with van der Waals surface area (Å²) in [6.07, 6.45) is 0. The molecule has 3 atom stereocenters. The lowest BCUT2D eigenvalue weighted by molar-refractivity contribution is -0.141. The zero-order chi connectivity index (χ0) is 23.5. The van der Waals surface area contributed by atoms with Crippen LogP contribution in [0.1, 0.15) is 77.7 Å². The van der Waals surface area contributed by atoms with E-state index in [2.05, 4.69) is 0 Å². The summed E-state index contributed by atoms with van der Waals surface area (Å²) in [6.45, 7) is 4.37. The van der Waals surface area contributed by atoms with Gasteiger partial charge in [-0.05, 0) is 27.7 Å². The number of hydrogen-bond acceptors (Lipinski definition) is 7. The molecular formula is C18H21NO11. The van der Waals surface area contributed by atoms with E-state index in [1.165, 1.54) is 6.92 Å². The summed E-state index contributed by atoms with van der Waals surface area (Å²) >= 11 is 0. The van der Waals surface area contributed by atoms with E-state index in [0.717, 1.165) is 20.8 Å². The molecule has 0 saturated heterocycles. The smallest absolute Gasteiger partial charge is 0.378 e. The Morgan fingerprint density at radius 2 is 1.37 bits per heavy atom.